The molecular weight excluding hydrogens is 264 g/mol. The van der Waals surface area contributed by atoms with Crippen LogP contribution in [0.4, 0.5) is 0 Å². The van der Waals surface area contributed by atoms with Crippen LogP contribution in [0.5, 0.6) is 0 Å². The van der Waals surface area contributed by atoms with Crippen molar-refractivity contribution in [2.45, 2.75) is 47.0 Å². The fourth-order valence-electron chi connectivity index (χ4n) is 2.68. The van der Waals surface area contributed by atoms with E-state index in [4.69, 9.17) is 0 Å². The fourth-order valence-corrected chi connectivity index (χ4v) is 2.68. The van der Waals surface area contributed by atoms with Crippen molar-refractivity contribution in [1.82, 2.24) is 0 Å². The third kappa shape index (κ3) is 4.69. The Bertz CT molecular complexity index is 485. The Hall–Kier alpha value is -1.64. The molecule has 0 spiro atoms. The van der Waals surface area contributed by atoms with E-state index >= 15 is 0 Å². The van der Waals surface area contributed by atoms with E-state index in [2.05, 4.69) is 0 Å². The largest absolute Gasteiger partial charge is 0.481 e. The standard InChI is InChI=1S/C18H26O3/c1-12(14-9-7-6-8-10-14)11-15(17(20)21)13(2)16(19)18(3,4)5/h6-10,12-13,15H,11H2,1-5H3,(H,20,21). The first-order valence-electron chi connectivity index (χ1n) is 7.46. The molecule has 1 rings (SSSR count). The monoisotopic (exact) mass is 290 g/mol. The van der Waals surface area contributed by atoms with Crippen molar-refractivity contribution in [3.05, 3.63) is 35.9 Å². The van der Waals surface area contributed by atoms with E-state index in [1.54, 1.807) is 6.92 Å². The number of hydrogen-bond acceptors (Lipinski definition) is 2. The van der Waals surface area contributed by atoms with E-state index in [-0.39, 0.29) is 11.7 Å². The SMILES string of the molecule is CC(CC(C(=O)O)C(C)C(=O)C(C)(C)C)c1ccccc1. The molecule has 0 heterocycles. The minimum atomic E-state index is -0.886. The highest BCUT2D eigenvalue weighted by Crippen LogP contribution is 2.32. The van der Waals surface area contributed by atoms with Gasteiger partial charge in [0.05, 0.1) is 5.92 Å². The van der Waals surface area contributed by atoms with Gasteiger partial charge in [-0.2, -0.15) is 0 Å². The van der Waals surface area contributed by atoms with E-state index in [9.17, 15) is 14.7 Å². The van der Waals surface area contributed by atoms with Crippen LogP contribution in [0.1, 0.15) is 52.5 Å². The van der Waals surface area contributed by atoms with Crippen LogP contribution in [0.25, 0.3) is 0 Å². The molecule has 0 fully saturated rings. The lowest BCUT2D eigenvalue weighted by Crippen LogP contribution is -2.35. The average Bonchev–Trinajstić information content (AvgIpc) is 2.42. The second-order valence-corrected chi connectivity index (χ2v) is 6.90. The Morgan fingerprint density at radius 3 is 2.05 bits per heavy atom. The highest BCUT2D eigenvalue weighted by molar-refractivity contribution is 5.89. The van der Waals surface area contributed by atoms with Gasteiger partial charge in [-0.15, -0.1) is 0 Å². The second-order valence-electron chi connectivity index (χ2n) is 6.90. The van der Waals surface area contributed by atoms with E-state index in [0.29, 0.717) is 6.42 Å². The smallest absolute Gasteiger partial charge is 0.307 e. The van der Waals surface area contributed by atoms with Crippen LogP contribution in [-0.2, 0) is 9.59 Å². The summed E-state index contributed by atoms with van der Waals surface area (Å²) in [6, 6.07) is 9.84. The first-order valence-corrected chi connectivity index (χ1v) is 7.46. The minimum absolute atomic E-state index is 0.00941. The summed E-state index contributed by atoms with van der Waals surface area (Å²) in [4.78, 5) is 24.0. The predicted molar refractivity (Wildman–Crippen MR) is 84.2 cm³/mol. The molecule has 0 aliphatic carbocycles. The summed E-state index contributed by atoms with van der Waals surface area (Å²) in [7, 11) is 0. The number of carbonyl (C=O) groups excluding carboxylic acids is 1. The van der Waals surface area contributed by atoms with Gasteiger partial charge in [0.15, 0.2) is 0 Å². The van der Waals surface area contributed by atoms with Crippen molar-refractivity contribution < 1.29 is 14.7 Å². The molecule has 0 radical (unpaired) electrons. The van der Waals surface area contributed by atoms with Gasteiger partial charge in [0.2, 0.25) is 0 Å². The molecule has 0 amide bonds. The average molecular weight is 290 g/mol. The molecule has 1 aromatic carbocycles. The van der Waals surface area contributed by atoms with Gasteiger partial charge in [-0.1, -0.05) is 65.0 Å². The molecule has 0 saturated carbocycles. The molecule has 3 atom stereocenters. The molecule has 0 aliphatic rings. The van der Waals surface area contributed by atoms with Gasteiger partial charge in [-0.3, -0.25) is 9.59 Å². The van der Waals surface area contributed by atoms with E-state index in [0.717, 1.165) is 5.56 Å². The third-order valence-electron chi connectivity index (χ3n) is 4.05. The molecule has 3 heteroatoms. The zero-order valence-electron chi connectivity index (χ0n) is 13.6. The van der Waals surface area contributed by atoms with Crippen LogP contribution in [0.2, 0.25) is 0 Å². The van der Waals surface area contributed by atoms with Gasteiger partial charge in [-0.25, -0.2) is 0 Å². The van der Waals surface area contributed by atoms with Crippen molar-refractivity contribution >= 4 is 11.8 Å². The van der Waals surface area contributed by atoms with E-state index in [1.807, 2.05) is 58.0 Å². The second kappa shape index (κ2) is 6.88. The molecule has 21 heavy (non-hydrogen) atoms. The van der Waals surface area contributed by atoms with Gasteiger partial charge in [0.25, 0.3) is 0 Å². The summed E-state index contributed by atoms with van der Waals surface area (Å²) in [6.07, 6.45) is 0.475. The topological polar surface area (TPSA) is 54.4 Å². The molecule has 0 saturated heterocycles. The molecule has 1 aromatic rings. The molecule has 0 aliphatic heterocycles. The number of benzene rings is 1. The molecular formula is C18H26O3. The van der Waals surface area contributed by atoms with Gasteiger partial charge in [0.1, 0.15) is 5.78 Å². The number of carboxylic acids is 1. The maximum Gasteiger partial charge on any atom is 0.307 e. The summed E-state index contributed by atoms with van der Waals surface area (Å²) in [6.45, 7) is 9.27. The molecule has 3 nitrogen and oxygen atoms in total. The van der Waals surface area contributed by atoms with Gasteiger partial charge in [-0.05, 0) is 17.9 Å². The van der Waals surface area contributed by atoms with Crippen LogP contribution in [-0.4, -0.2) is 16.9 Å². The highest BCUT2D eigenvalue weighted by atomic mass is 16.4. The van der Waals surface area contributed by atoms with Crippen LogP contribution < -0.4 is 0 Å². The van der Waals surface area contributed by atoms with Crippen molar-refractivity contribution in [1.29, 1.82) is 0 Å². The lowest BCUT2D eigenvalue weighted by molar-refractivity contribution is -0.148. The Kier molecular flexibility index (Phi) is 5.70. The quantitative estimate of drug-likeness (QED) is 0.857. The Balaban J connectivity index is 2.88. The Morgan fingerprint density at radius 2 is 1.62 bits per heavy atom. The molecule has 116 valence electrons. The first-order chi connectivity index (χ1) is 9.64. The molecule has 0 bridgehead atoms. The number of ketones is 1. The first kappa shape index (κ1) is 17.4. The minimum Gasteiger partial charge on any atom is -0.481 e. The molecule has 0 aromatic heterocycles. The van der Waals surface area contributed by atoms with Crippen LogP contribution in [0.3, 0.4) is 0 Å². The Labute approximate surface area is 127 Å². The van der Waals surface area contributed by atoms with Gasteiger partial charge in [0, 0.05) is 11.3 Å². The summed E-state index contributed by atoms with van der Waals surface area (Å²) >= 11 is 0. The number of carbonyl (C=O) groups is 2. The van der Waals surface area contributed by atoms with Crippen LogP contribution in [0.15, 0.2) is 30.3 Å². The van der Waals surface area contributed by atoms with Gasteiger partial charge < -0.3 is 5.11 Å². The maximum atomic E-state index is 12.4. The summed E-state index contributed by atoms with van der Waals surface area (Å²) < 4.78 is 0. The van der Waals surface area contributed by atoms with Crippen molar-refractivity contribution in [3.8, 4) is 0 Å². The highest BCUT2D eigenvalue weighted by Gasteiger charge is 2.36. The normalized spacial score (nSPS) is 16.0. The number of hydrogen-bond donors (Lipinski definition) is 1. The van der Waals surface area contributed by atoms with E-state index < -0.39 is 23.2 Å². The Morgan fingerprint density at radius 1 is 1.10 bits per heavy atom. The lowest BCUT2D eigenvalue weighted by Gasteiger charge is -2.27. The molecule has 3 unspecified atom stereocenters. The maximum absolute atomic E-state index is 12.4. The lowest BCUT2D eigenvalue weighted by atomic mass is 9.75. The summed E-state index contributed by atoms with van der Waals surface area (Å²) in [5.74, 6) is -1.89. The van der Waals surface area contributed by atoms with Crippen LogP contribution >= 0.6 is 0 Å². The van der Waals surface area contributed by atoms with E-state index in [1.165, 1.54) is 0 Å². The summed E-state index contributed by atoms with van der Waals surface area (Å²) in [5.41, 5.74) is 0.600. The number of aliphatic carboxylic acids is 1. The number of Topliss-reactive ketones (excluding diaryl/α,β-unsaturated/α-hetero) is 1. The van der Waals surface area contributed by atoms with Crippen molar-refractivity contribution in [2.75, 3.05) is 0 Å². The third-order valence-corrected chi connectivity index (χ3v) is 4.05. The zero-order chi connectivity index (χ0) is 16.2. The van der Waals surface area contributed by atoms with Crippen molar-refractivity contribution in [2.24, 2.45) is 17.3 Å². The fraction of sp³-hybridized carbons (Fsp3) is 0.556. The van der Waals surface area contributed by atoms with Gasteiger partial charge >= 0.3 is 5.97 Å². The van der Waals surface area contributed by atoms with Crippen LogP contribution in [0, 0.1) is 17.3 Å². The molecule has 1 N–H and O–H groups in total. The summed E-state index contributed by atoms with van der Waals surface area (Å²) in [5, 5.41) is 9.50. The predicted octanol–water partition coefficient (Wildman–Crippen LogP) is 4.13. The number of rotatable bonds is 6. The zero-order valence-corrected chi connectivity index (χ0v) is 13.6. The number of carboxylic acid groups (broad SMARTS) is 1. The van der Waals surface area contributed by atoms with Crippen molar-refractivity contribution in [3.63, 3.8) is 0 Å².